The highest BCUT2D eigenvalue weighted by Gasteiger charge is 2.17. The van der Waals surface area contributed by atoms with Crippen molar-refractivity contribution in [2.45, 2.75) is 26.9 Å². The van der Waals surface area contributed by atoms with Gasteiger partial charge in [-0.3, -0.25) is 24.6 Å². The molecule has 8 heteroatoms. The quantitative estimate of drug-likeness (QED) is 0.823. The van der Waals surface area contributed by atoms with Gasteiger partial charge in [-0.1, -0.05) is 11.6 Å². The molecule has 0 bridgehead atoms. The Hall–Kier alpha value is -1.86. The third-order valence-electron chi connectivity index (χ3n) is 2.93. The van der Waals surface area contributed by atoms with Gasteiger partial charge in [0.25, 0.3) is 5.56 Å². The SMILES string of the molecule is CCn1c(=O)c2c(NO)c(Cl)cnc2n(CC)c1=O. The zero-order chi connectivity index (χ0) is 14.2. The lowest BCUT2D eigenvalue weighted by atomic mass is 10.2. The van der Waals surface area contributed by atoms with Crippen molar-refractivity contribution in [2.75, 3.05) is 5.48 Å². The van der Waals surface area contributed by atoms with Crippen molar-refractivity contribution in [1.82, 2.24) is 14.1 Å². The molecule has 0 aromatic carbocycles. The highest BCUT2D eigenvalue weighted by molar-refractivity contribution is 6.34. The number of halogens is 1. The molecule has 2 aromatic heterocycles. The van der Waals surface area contributed by atoms with Gasteiger partial charge in [-0.05, 0) is 13.8 Å². The van der Waals surface area contributed by atoms with Crippen LogP contribution in [0.5, 0.6) is 0 Å². The summed E-state index contributed by atoms with van der Waals surface area (Å²) in [4.78, 5) is 28.4. The summed E-state index contributed by atoms with van der Waals surface area (Å²) in [6.45, 7) is 4.05. The van der Waals surface area contributed by atoms with Gasteiger partial charge in [0.05, 0.1) is 16.9 Å². The number of anilines is 1. The summed E-state index contributed by atoms with van der Waals surface area (Å²) in [7, 11) is 0. The van der Waals surface area contributed by atoms with E-state index >= 15 is 0 Å². The molecule has 0 radical (unpaired) electrons. The van der Waals surface area contributed by atoms with E-state index in [1.165, 1.54) is 10.8 Å². The van der Waals surface area contributed by atoms with Gasteiger partial charge in [-0.15, -0.1) is 0 Å². The average Bonchev–Trinajstić information content (AvgIpc) is 2.40. The van der Waals surface area contributed by atoms with Crippen LogP contribution in [0.1, 0.15) is 13.8 Å². The summed E-state index contributed by atoms with van der Waals surface area (Å²) < 4.78 is 2.43. The maximum absolute atomic E-state index is 12.3. The summed E-state index contributed by atoms with van der Waals surface area (Å²) >= 11 is 5.89. The van der Waals surface area contributed by atoms with Crippen LogP contribution in [0.25, 0.3) is 11.0 Å². The first-order chi connectivity index (χ1) is 9.06. The number of aromatic nitrogens is 3. The first-order valence-corrected chi connectivity index (χ1v) is 6.16. The van der Waals surface area contributed by atoms with Crippen LogP contribution in [0.3, 0.4) is 0 Å². The molecular weight excluding hydrogens is 272 g/mol. The van der Waals surface area contributed by atoms with Crippen molar-refractivity contribution in [2.24, 2.45) is 0 Å². The third-order valence-corrected chi connectivity index (χ3v) is 3.22. The zero-order valence-electron chi connectivity index (χ0n) is 10.5. The van der Waals surface area contributed by atoms with Crippen LogP contribution in [0.2, 0.25) is 5.02 Å². The van der Waals surface area contributed by atoms with Crippen molar-refractivity contribution in [3.63, 3.8) is 0 Å². The Labute approximate surface area is 113 Å². The summed E-state index contributed by atoms with van der Waals surface area (Å²) in [6.07, 6.45) is 1.28. The largest absolute Gasteiger partial charge is 0.332 e. The fourth-order valence-corrected chi connectivity index (χ4v) is 2.20. The standard InChI is InChI=1S/C11H13ClN4O3/c1-3-15-9-7(8(14-19)6(12)5-13-9)10(17)16(4-2)11(15)18/h5,19H,3-4H2,1-2H3,(H,13,14). The van der Waals surface area contributed by atoms with E-state index in [-0.39, 0.29) is 28.3 Å². The summed E-state index contributed by atoms with van der Waals surface area (Å²) in [6, 6.07) is 0. The Morgan fingerprint density at radius 1 is 1.32 bits per heavy atom. The van der Waals surface area contributed by atoms with Gasteiger partial charge in [0.2, 0.25) is 0 Å². The number of rotatable bonds is 3. The minimum absolute atomic E-state index is 0.0565. The Morgan fingerprint density at radius 2 is 1.95 bits per heavy atom. The van der Waals surface area contributed by atoms with E-state index in [1.54, 1.807) is 13.8 Å². The Balaban J connectivity index is 3.13. The van der Waals surface area contributed by atoms with Crippen LogP contribution in [0.4, 0.5) is 5.69 Å². The third kappa shape index (κ3) is 1.91. The molecule has 0 unspecified atom stereocenters. The van der Waals surface area contributed by atoms with E-state index in [2.05, 4.69) is 4.98 Å². The predicted molar refractivity (Wildman–Crippen MR) is 72.0 cm³/mol. The van der Waals surface area contributed by atoms with Gasteiger partial charge in [0, 0.05) is 13.1 Å². The average molecular weight is 285 g/mol. The lowest BCUT2D eigenvalue weighted by Crippen LogP contribution is -2.40. The Morgan fingerprint density at radius 3 is 2.47 bits per heavy atom. The maximum Gasteiger partial charge on any atom is 0.332 e. The van der Waals surface area contributed by atoms with Crippen LogP contribution < -0.4 is 16.7 Å². The molecule has 2 aromatic rings. The second kappa shape index (κ2) is 5.02. The molecule has 0 amide bonds. The van der Waals surface area contributed by atoms with Gasteiger partial charge < -0.3 is 0 Å². The topological polar surface area (TPSA) is 89.2 Å². The van der Waals surface area contributed by atoms with Gasteiger partial charge in [0.15, 0.2) is 5.65 Å². The number of hydrogen-bond acceptors (Lipinski definition) is 5. The van der Waals surface area contributed by atoms with Gasteiger partial charge in [-0.25, -0.2) is 9.78 Å². The molecule has 0 spiro atoms. The van der Waals surface area contributed by atoms with Gasteiger partial charge in [0.1, 0.15) is 5.39 Å². The second-order valence-electron chi connectivity index (χ2n) is 3.87. The lowest BCUT2D eigenvalue weighted by molar-refractivity contribution is 0.389. The van der Waals surface area contributed by atoms with Crippen LogP contribution in [0.15, 0.2) is 15.8 Å². The van der Waals surface area contributed by atoms with E-state index in [4.69, 9.17) is 16.8 Å². The molecule has 0 aliphatic heterocycles. The molecule has 102 valence electrons. The number of aryl methyl sites for hydroxylation is 1. The van der Waals surface area contributed by atoms with E-state index in [0.717, 1.165) is 4.57 Å². The molecule has 0 saturated heterocycles. The smallest absolute Gasteiger partial charge is 0.291 e. The van der Waals surface area contributed by atoms with E-state index in [9.17, 15) is 9.59 Å². The van der Waals surface area contributed by atoms with Crippen molar-refractivity contribution in [1.29, 1.82) is 0 Å². The van der Waals surface area contributed by atoms with Crippen molar-refractivity contribution in [3.8, 4) is 0 Å². The highest BCUT2D eigenvalue weighted by Crippen LogP contribution is 2.25. The molecular formula is C11H13ClN4O3. The highest BCUT2D eigenvalue weighted by atomic mass is 35.5. The molecule has 0 aliphatic carbocycles. The second-order valence-corrected chi connectivity index (χ2v) is 4.27. The van der Waals surface area contributed by atoms with Crippen LogP contribution in [0, 0.1) is 0 Å². The molecule has 2 N–H and O–H groups in total. The monoisotopic (exact) mass is 284 g/mol. The van der Waals surface area contributed by atoms with E-state index < -0.39 is 11.2 Å². The number of pyridine rings is 1. The van der Waals surface area contributed by atoms with E-state index in [0.29, 0.717) is 6.54 Å². The zero-order valence-corrected chi connectivity index (χ0v) is 11.2. The predicted octanol–water partition coefficient (Wildman–Crippen LogP) is 1.05. The summed E-state index contributed by atoms with van der Waals surface area (Å²) in [5, 5.41) is 9.34. The Kier molecular flexibility index (Phi) is 3.59. The number of nitrogens with one attached hydrogen (secondary N) is 1. The lowest BCUT2D eigenvalue weighted by Gasteiger charge is -2.13. The fourth-order valence-electron chi connectivity index (χ4n) is 2.02. The first-order valence-electron chi connectivity index (χ1n) is 5.78. The molecule has 0 saturated carbocycles. The van der Waals surface area contributed by atoms with Gasteiger partial charge in [-0.2, -0.15) is 0 Å². The van der Waals surface area contributed by atoms with Crippen LogP contribution in [-0.4, -0.2) is 19.3 Å². The first kappa shape index (κ1) is 13.6. The van der Waals surface area contributed by atoms with Crippen LogP contribution >= 0.6 is 11.6 Å². The molecule has 19 heavy (non-hydrogen) atoms. The fraction of sp³-hybridized carbons (Fsp3) is 0.364. The number of fused-ring (bicyclic) bond motifs is 1. The molecule has 0 atom stereocenters. The normalized spacial score (nSPS) is 10.9. The van der Waals surface area contributed by atoms with Gasteiger partial charge >= 0.3 is 5.69 Å². The molecule has 2 rings (SSSR count). The minimum Gasteiger partial charge on any atom is -0.291 e. The molecule has 2 heterocycles. The molecule has 7 nitrogen and oxygen atoms in total. The molecule has 0 aliphatic rings. The van der Waals surface area contributed by atoms with Crippen molar-refractivity contribution >= 4 is 28.3 Å². The van der Waals surface area contributed by atoms with Crippen molar-refractivity contribution in [3.05, 3.63) is 32.1 Å². The minimum atomic E-state index is -0.529. The van der Waals surface area contributed by atoms with Crippen molar-refractivity contribution < 1.29 is 5.21 Å². The van der Waals surface area contributed by atoms with Crippen LogP contribution in [-0.2, 0) is 13.1 Å². The number of hydrogen-bond donors (Lipinski definition) is 2. The maximum atomic E-state index is 12.3. The Bertz CT molecular complexity index is 750. The summed E-state index contributed by atoms with van der Waals surface area (Å²) in [5.41, 5.74) is 1.20. The summed E-state index contributed by atoms with van der Waals surface area (Å²) in [5.74, 6) is 0. The van der Waals surface area contributed by atoms with E-state index in [1.807, 2.05) is 5.48 Å². The molecule has 0 fully saturated rings. The number of nitrogens with zero attached hydrogens (tertiary/aromatic N) is 3.